The lowest BCUT2D eigenvalue weighted by atomic mass is 9.97. The molecule has 0 amide bonds. The van der Waals surface area contributed by atoms with E-state index in [1.54, 1.807) is 0 Å². The van der Waals surface area contributed by atoms with Gasteiger partial charge in [-0.15, -0.1) is 0 Å². The van der Waals surface area contributed by atoms with Crippen LogP contribution in [-0.4, -0.2) is 36.1 Å². The Bertz CT molecular complexity index is 316. The maximum atomic E-state index is 5.72. The van der Waals surface area contributed by atoms with Crippen LogP contribution in [0.25, 0.3) is 0 Å². The highest BCUT2D eigenvalue weighted by molar-refractivity contribution is 5.01. The van der Waals surface area contributed by atoms with Crippen molar-refractivity contribution in [3.05, 3.63) is 17.8 Å². The first-order valence-corrected chi connectivity index (χ1v) is 6.20. The Labute approximate surface area is 96.8 Å². The van der Waals surface area contributed by atoms with Crippen LogP contribution < -0.4 is 5.73 Å². The standard InChI is InChI=1S/C12H21N3O/c1-2-15-7-4-10(5-8-15)12-14-9-11(16-12)3-6-13/h9-10H,2-8,13H2,1H3. The van der Waals surface area contributed by atoms with Gasteiger partial charge in [-0.25, -0.2) is 4.98 Å². The molecule has 2 N–H and O–H groups in total. The molecule has 90 valence electrons. The van der Waals surface area contributed by atoms with Crippen molar-refractivity contribution in [1.82, 2.24) is 9.88 Å². The highest BCUT2D eigenvalue weighted by atomic mass is 16.4. The quantitative estimate of drug-likeness (QED) is 0.837. The van der Waals surface area contributed by atoms with E-state index in [9.17, 15) is 0 Å². The van der Waals surface area contributed by atoms with Crippen LogP contribution in [0.3, 0.4) is 0 Å². The number of rotatable bonds is 4. The van der Waals surface area contributed by atoms with Gasteiger partial charge in [-0.1, -0.05) is 6.92 Å². The van der Waals surface area contributed by atoms with Gasteiger partial charge < -0.3 is 15.1 Å². The van der Waals surface area contributed by atoms with Crippen molar-refractivity contribution in [2.24, 2.45) is 5.73 Å². The summed E-state index contributed by atoms with van der Waals surface area (Å²) >= 11 is 0. The van der Waals surface area contributed by atoms with E-state index in [4.69, 9.17) is 10.2 Å². The highest BCUT2D eigenvalue weighted by Crippen LogP contribution is 2.27. The molecular weight excluding hydrogens is 202 g/mol. The minimum Gasteiger partial charge on any atom is -0.445 e. The van der Waals surface area contributed by atoms with Gasteiger partial charge in [0.05, 0.1) is 6.20 Å². The molecule has 1 aromatic rings. The van der Waals surface area contributed by atoms with Crippen molar-refractivity contribution in [2.75, 3.05) is 26.2 Å². The molecule has 1 saturated heterocycles. The lowest BCUT2D eigenvalue weighted by Gasteiger charge is -2.29. The van der Waals surface area contributed by atoms with Crippen LogP contribution in [0.15, 0.2) is 10.6 Å². The number of likely N-dealkylation sites (tertiary alicyclic amines) is 1. The van der Waals surface area contributed by atoms with Crippen molar-refractivity contribution < 1.29 is 4.42 Å². The Morgan fingerprint density at radius 1 is 1.50 bits per heavy atom. The summed E-state index contributed by atoms with van der Waals surface area (Å²) in [6.45, 7) is 6.32. The molecule has 0 aromatic carbocycles. The second kappa shape index (κ2) is 5.46. The lowest BCUT2D eigenvalue weighted by Crippen LogP contribution is -2.32. The molecular formula is C12H21N3O. The fraction of sp³-hybridized carbons (Fsp3) is 0.750. The number of oxazole rings is 1. The number of aromatic nitrogens is 1. The van der Waals surface area contributed by atoms with Crippen molar-refractivity contribution in [3.63, 3.8) is 0 Å². The van der Waals surface area contributed by atoms with Crippen LogP contribution in [0.1, 0.15) is 37.3 Å². The first-order chi connectivity index (χ1) is 7.83. The van der Waals surface area contributed by atoms with Gasteiger partial charge in [0.25, 0.3) is 0 Å². The SMILES string of the molecule is CCN1CCC(c2ncc(CCN)o2)CC1. The van der Waals surface area contributed by atoms with E-state index >= 15 is 0 Å². The molecule has 1 fully saturated rings. The molecule has 0 unspecified atom stereocenters. The van der Waals surface area contributed by atoms with E-state index in [0.717, 1.165) is 50.5 Å². The minimum atomic E-state index is 0.509. The molecule has 2 heterocycles. The third-order valence-corrected chi connectivity index (χ3v) is 3.35. The Balaban J connectivity index is 1.92. The van der Waals surface area contributed by atoms with Gasteiger partial charge in [0.15, 0.2) is 5.89 Å². The number of piperidine rings is 1. The topological polar surface area (TPSA) is 55.3 Å². The van der Waals surface area contributed by atoms with E-state index in [2.05, 4.69) is 16.8 Å². The normalized spacial score (nSPS) is 19.1. The van der Waals surface area contributed by atoms with Gasteiger partial charge in [-0.2, -0.15) is 0 Å². The first-order valence-electron chi connectivity index (χ1n) is 6.20. The summed E-state index contributed by atoms with van der Waals surface area (Å²) in [6.07, 6.45) is 4.95. The predicted octanol–water partition coefficient (Wildman–Crippen LogP) is 1.38. The minimum absolute atomic E-state index is 0.509. The molecule has 0 saturated carbocycles. The zero-order chi connectivity index (χ0) is 11.4. The van der Waals surface area contributed by atoms with Crippen molar-refractivity contribution >= 4 is 0 Å². The number of hydrogen-bond donors (Lipinski definition) is 1. The summed E-state index contributed by atoms with van der Waals surface area (Å²) in [7, 11) is 0. The van der Waals surface area contributed by atoms with Crippen LogP contribution in [0.5, 0.6) is 0 Å². The van der Waals surface area contributed by atoms with Crippen LogP contribution in [0, 0.1) is 0 Å². The first kappa shape index (κ1) is 11.6. The highest BCUT2D eigenvalue weighted by Gasteiger charge is 2.23. The van der Waals surface area contributed by atoms with Gasteiger partial charge >= 0.3 is 0 Å². The smallest absolute Gasteiger partial charge is 0.197 e. The summed E-state index contributed by atoms with van der Waals surface area (Å²) in [4.78, 5) is 6.84. The Morgan fingerprint density at radius 2 is 2.25 bits per heavy atom. The zero-order valence-corrected chi connectivity index (χ0v) is 9.98. The average Bonchev–Trinajstić information content (AvgIpc) is 2.78. The van der Waals surface area contributed by atoms with Gasteiger partial charge in [0.1, 0.15) is 5.76 Å². The van der Waals surface area contributed by atoms with Crippen LogP contribution in [0.4, 0.5) is 0 Å². The largest absolute Gasteiger partial charge is 0.445 e. The summed E-state index contributed by atoms with van der Waals surface area (Å²) in [6, 6.07) is 0. The summed E-state index contributed by atoms with van der Waals surface area (Å²) in [5, 5.41) is 0. The molecule has 0 atom stereocenters. The average molecular weight is 223 g/mol. The number of nitrogens with zero attached hydrogens (tertiary/aromatic N) is 2. The molecule has 2 rings (SSSR count). The van der Waals surface area contributed by atoms with Crippen molar-refractivity contribution in [3.8, 4) is 0 Å². The Kier molecular flexibility index (Phi) is 3.96. The summed E-state index contributed by atoms with van der Waals surface area (Å²) in [5.74, 6) is 2.35. The van der Waals surface area contributed by atoms with Crippen molar-refractivity contribution in [1.29, 1.82) is 0 Å². The lowest BCUT2D eigenvalue weighted by molar-refractivity contribution is 0.207. The van der Waals surface area contributed by atoms with Crippen LogP contribution in [-0.2, 0) is 6.42 Å². The predicted molar refractivity (Wildman–Crippen MR) is 63.4 cm³/mol. The molecule has 0 radical (unpaired) electrons. The molecule has 1 aliphatic rings. The summed E-state index contributed by atoms with van der Waals surface area (Å²) < 4.78 is 5.72. The molecule has 4 nitrogen and oxygen atoms in total. The molecule has 16 heavy (non-hydrogen) atoms. The van der Waals surface area contributed by atoms with E-state index in [0.29, 0.717) is 12.5 Å². The van der Waals surface area contributed by atoms with Gasteiger partial charge in [-0.3, -0.25) is 0 Å². The van der Waals surface area contributed by atoms with Gasteiger partial charge in [0, 0.05) is 12.3 Å². The molecule has 1 aromatic heterocycles. The van der Waals surface area contributed by atoms with Crippen LogP contribution >= 0.6 is 0 Å². The Morgan fingerprint density at radius 3 is 2.88 bits per heavy atom. The molecule has 0 bridgehead atoms. The maximum Gasteiger partial charge on any atom is 0.197 e. The molecule has 4 heteroatoms. The van der Waals surface area contributed by atoms with E-state index < -0.39 is 0 Å². The monoisotopic (exact) mass is 223 g/mol. The second-order valence-corrected chi connectivity index (χ2v) is 4.41. The number of nitrogens with two attached hydrogens (primary N) is 1. The summed E-state index contributed by atoms with van der Waals surface area (Å²) in [5.41, 5.74) is 5.49. The Hall–Kier alpha value is -0.870. The molecule has 0 spiro atoms. The van der Waals surface area contributed by atoms with Gasteiger partial charge in [-0.05, 0) is 39.0 Å². The zero-order valence-electron chi connectivity index (χ0n) is 9.98. The maximum absolute atomic E-state index is 5.72. The molecule has 0 aliphatic carbocycles. The van der Waals surface area contributed by atoms with Crippen molar-refractivity contribution in [2.45, 2.75) is 32.1 Å². The van der Waals surface area contributed by atoms with Gasteiger partial charge in [0.2, 0.25) is 0 Å². The third-order valence-electron chi connectivity index (χ3n) is 3.35. The third kappa shape index (κ3) is 2.62. The number of hydrogen-bond acceptors (Lipinski definition) is 4. The molecule has 1 aliphatic heterocycles. The van der Waals surface area contributed by atoms with E-state index in [1.165, 1.54) is 0 Å². The fourth-order valence-corrected chi connectivity index (χ4v) is 2.27. The van der Waals surface area contributed by atoms with E-state index in [1.807, 2.05) is 6.20 Å². The fourth-order valence-electron chi connectivity index (χ4n) is 2.27. The second-order valence-electron chi connectivity index (χ2n) is 4.41. The van der Waals surface area contributed by atoms with E-state index in [-0.39, 0.29) is 0 Å². The van der Waals surface area contributed by atoms with Crippen LogP contribution in [0.2, 0.25) is 0 Å².